The second kappa shape index (κ2) is 4.22. The van der Waals surface area contributed by atoms with Gasteiger partial charge in [-0.3, -0.25) is 4.98 Å². The van der Waals surface area contributed by atoms with Crippen LogP contribution in [0.2, 0.25) is 0 Å². The molecule has 2 aromatic heterocycles. The number of anilines is 2. The summed E-state index contributed by atoms with van der Waals surface area (Å²) in [6, 6.07) is 15.9. The maximum Gasteiger partial charge on any atom is 0.131 e. The smallest absolute Gasteiger partial charge is 0.131 e. The molecule has 0 atom stereocenters. The molecule has 0 fully saturated rings. The summed E-state index contributed by atoms with van der Waals surface area (Å²) < 4.78 is 0. The molecule has 0 amide bonds. The number of para-hydroxylation sites is 1. The van der Waals surface area contributed by atoms with Crippen molar-refractivity contribution >= 4 is 22.4 Å². The first-order valence-electron chi connectivity index (χ1n) is 5.45. The number of fused-ring (bicyclic) bond motifs is 1. The van der Waals surface area contributed by atoms with E-state index in [2.05, 4.69) is 27.4 Å². The molecule has 0 aliphatic heterocycles. The van der Waals surface area contributed by atoms with E-state index in [0.717, 1.165) is 22.4 Å². The number of benzene rings is 1. The molecule has 0 aliphatic rings. The highest BCUT2D eigenvalue weighted by Crippen LogP contribution is 2.17. The minimum atomic E-state index is 0.830. The van der Waals surface area contributed by atoms with Crippen LogP contribution in [0.3, 0.4) is 0 Å². The molecule has 82 valence electrons. The van der Waals surface area contributed by atoms with Crippen molar-refractivity contribution in [3.8, 4) is 0 Å². The van der Waals surface area contributed by atoms with Crippen molar-refractivity contribution in [1.29, 1.82) is 0 Å². The summed E-state index contributed by atoms with van der Waals surface area (Å²) in [4.78, 5) is 8.58. The molecule has 0 saturated carbocycles. The molecule has 0 bridgehead atoms. The lowest BCUT2D eigenvalue weighted by molar-refractivity contribution is 1.30. The Morgan fingerprint density at radius 2 is 1.82 bits per heavy atom. The maximum atomic E-state index is 4.53. The van der Waals surface area contributed by atoms with Crippen molar-refractivity contribution in [2.75, 3.05) is 5.32 Å². The number of nitrogens with zero attached hydrogens (tertiary/aromatic N) is 2. The van der Waals surface area contributed by atoms with Gasteiger partial charge in [0.15, 0.2) is 0 Å². The average molecular weight is 221 g/mol. The van der Waals surface area contributed by atoms with Crippen LogP contribution in [0.1, 0.15) is 0 Å². The van der Waals surface area contributed by atoms with E-state index in [1.165, 1.54) is 0 Å². The van der Waals surface area contributed by atoms with E-state index in [9.17, 15) is 0 Å². The molecule has 3 rings (SSSR count). The minimum Gasteiger partial charge on any atom is -0.339 e. The second-order valence-corrected chi connectivity index (χ2v) is 3.76. The topological polar surface area (TPSA) is 37.8 Å². The number of nitrogens with one attached hydrogen (secondary N) is 1. The monoisotopic (exact) mass is 221 g/mol. The first kappa shape index (κ1) is 9.78. The number of rotatable bonds is 2. The molecule has 0 saturated heterocycles. The Kier molecular flexibility index (Phi) is 2.43. The fourth-order valence-corrected chi connectivity index (χ4v) is 1.72. The highest BCUT2D eigenvalue weighted by molar-refractivity contribution is 5.80. The van der Waals surface area contributed by atoms with Crippen LogP contribution in [0.15, 0.2) is 60.9 Å². The van der Waals surface area contributed by atoms with Crippen LogP contribution in [0, 0.1) is 0 Å². The molecule has 3 nitrogen and oxygen atoms in total. The number of hydrogen-bond donors (Lipinski definition) is 1. The predicted octanol–water partition coefficient (Wildman–Crippen LogP) is 3.37. The Hall–Kier alpha value is -2.42. The SMILES string of the molecule is c1cncc(Nc2ccc3ccccc3n2)c1. The van der Waals surface area contributed by atoms with E-state index in [1.54, 1.807) is 12.4 Å². The summed E-state index contributed by atoms with van der Waals surface area (Å²) in [7, 11) is 0. The highest BCUT2D eigenvalue weighted by atomic mass is 15.0. The second-order valence-electron chi connectivity index (χ2n) is 3.76. The van der Waals surface area contributed by atoms with Gasteiger partial charge >= 0.3 is 0 Å². The van der Waals surface area contributed by atoms with Gasteiger partial charge in [-0.15, -0.1) is 0 Å². The lowest BCUT2D eigenvalue weighted by Crippen LogP contribution is -1.93. The molecule has 17 heavy (non-hydrogen) atoms. The highest BCUT2D eigenvalue weighted by Gasteiger charge is 1.98. The van der Waals surface area contributed by atoms with E-state index in [1.807, 2.05) is 36.4 Å². The van der Waals surface area contributed by atoms with E-state index >= 15 is 0 Å². The Morgan fingerprint density at radius 3 is 2.71 bits per heavy atom. The Balaban J connectivity index is 1.96. The molecule has 1 N–H and O–H groups in total. The van der Waals surface area contributed by atoms with Gasteiger partial charge in [0.1, 0.15) is 5.82 Å². The first-order chi connectivity index (χ1) is 8.42. The molecule has 0 spiro atoms. The Morgan fingerprint density at radius 1 is 0.882 bits per heavy atom. The summed E-state index contributed by atoms with van der Waals surface area (Å²) in [5, 5.41) is 4.37. The van der Waals surface area contributed by atoms with Crippen LogP contribution < -0.4 is 5.32 Å². The quantitative estimate of drug-likeness (QED) is 0.721. The summed E-state index contributed by atoms with van der Waals surface area (Å²) in [6.45, 7) is 0. The van der Waals surface area contributed by atoms with Crippen molar-refractivity contribution < 1.29 is 0 Å². The van der Waals surface area contributed by atoms with E-state index in [-0.39, 0.29) is 0 Å². The third-order valence-corrected chi connectivity index (χ3v) is 2.53. The van der Waals surface area contributed by atoms with E-state index in [0.29, 0.717) is 0 Å². The van der Waals surface area contributed by atoms with Gasteiger partial charge in [-0.05, 0) is 30.3 Å². The van der Waals surface area contributed by atoms with Crippen LogP contribution in [0.4, 0.5) is 11.5 Å². The standard InChI is InChI=1S/C14H11N3/c1-2-6-13-11(4-1)7-8-14(17-13)16-12-5-3-9-15-10-12/h1-10H,(H,16,17). The zero-order valence-electron chi connectivity index (χ0n) is 9.17. The Bertz CT molecular complexity index is 635. The summed E-state index contributed by atoms with van der Waals surface area (Å²) in [5.41, 5.74) is 1.93. The van der Waals surface area contributed by atoms with E-state index in [4.69, 9.17) is 0 Å². The van der Waals surface area contributed by atoms with Crippen molar-refractivity contribution in [2.45, 2.75) is 0 Å². The van der Waals surface area contributed by atoms with Crippen molar-refractivity contribution in [3.63, 3.8) is 0 Å². The van der Waals surface area contributed by atoms with Gasteiger partial charge < -0.3 is 5.32 Å². The van der Waals surface area contributed by atoms with Gasteiger partial charge in [0.2, 0.25) is 0 Å². The first-order valence-corrected chi connectivity index (χ1v) is 5.45. The molecular formula is C14H11N3. The molecule has 2 heterocycles. The number of pyridine rings is 2. The van der Waals surface area contributed by atoms with Gasteiger partial charge in [0.05, 0.1) is 17.4 Å². The average Bonchev–Trinajstić information content (AvgIpc) is 2.40. The molecule has 0 unspecified atom stereocenters. The van der Waals surface area contributed by atoms with E-state index < -0.39 is 0 Å². The maximum absolute atomic E-state index is 4.53. The summed E-state index contributed by atoms with van der Waals surface area (Å²) >= 11 is 0. The zero-order chi connectivity index (χ0) is 11.5. The molecule has 1 aromatic carbocycles. The van der Waals surface area contributed by atoms with Crippen LogP contribution in [-0.2, 0) is 0 Å². The summed E-state index contributed by atoms with van der Waals surface area (Å²) in [5.74, 6) is 0.830. The lowest BCUT2D eigenvalue weighted by atomic mass is 10.2. The van der Waals surface area contributed by atoms with Crippen LogP contribution in [0.5, 0.6) is 0 Å². The molecule has 3 aromatic rings. The number of aromatic nitrogens is 2. The molecular weight excluding hydrogens is 210 g/mol. The Labute approximate surface area is 99.2 Å². The van der Waals surface area contributed by atoms with Gasteiger partial charge in [0, 0.05) is 11.6 Å². The van der Waals surface area contributed by atoms with Crippen molar-refractivity contribution in [1.82, 2.24) is 9.97 Å². The zero-order valence-corrected chi connectivity index (χ0v) is 9.17. The summed E-state index contributed by atoms with van der Waals surface area (Å²) in [6.07, 6.45) is 3.52. The fraction of sp³-hybridized carbons (Fsp3) is 0. The van der Waals surface area contributed by atoms with Crippen LogP contribution >= 0.6 is 0 Å². The third kappa shape index (κ3) is 2.08. The molecule has 0 aliphatic carbocycles. The van der Waals surface area contributed by atoms with Gasteiger partial charge in [-0.25, -0.2) is 4.98 Å². The lowest BCUT2D eigenvalue weighted by Gasteiger charge is -2.05. The fourth-order valence-electron chi connectivity index (χ4n) is 1.72. The van der Waals surface area contributed by atoms with Gasteiger partial charge in [-0.2, -0.15) is 0 Å². The van der Waals surface area contributed by atoms with Crippen molar-refractivity contribution in [3.05, 3.63) is 60.9 Å². The molecule has 3 heteroatoms. The third-order valence-electron chi connectivity index (χ3n) is 2.53. The van der Waals surface area contributed by atoms with Crippen LogP contribution in [0.25, 0.3) is 10.9 Å². The molecule has 0 radical (unpaired) electrons. The minimum absolute atomic E-state index is 0.830. The van der Waals surface area contributed by atoms with Crippen molar-refractivity contribution in [2.24, 2.45) is 0 Å². The predicted molar refractivity (Wildman–Crippen MR) is 69.3 cm³/mol. The number of hydrogen-bond acceptors (Lipinski definition) is 3. The normalized spacial score (nSPS) is 10.4. The van der Waals surface area contributed by atoms with Gasteiger partial charge in [0.25, 0.3) is 0 Å². The van der Waals surface area contributed by atoms with Gasteiger partial charge in [-0.1, -0.05) is 18.2 Å². The van der Waals surface area contributed by atoms with Crippen LogP contribution in [-0.4, -0.2) is 9.97 Å². The largest absolute Gasteiger partial charge is 0.339 e.